The van der Waals surface area contributed by atoms with Crippen molar-refractivity contribution in [3.05, 3.63) is 23.9 Å². The third-order valence-corrected chi connectivity index (χ3v) is 1.80. The molecule has 0 bridgehead atoms. The number of carbonyl (C=O) groups is 2. The molecule has 0 saturated carbocycles. The normalized spacial score (nSPS) is 9.62. The Morgan fingerprint density at radius 3 is 2.81 bits per heavy atom. The van der Waals surface area contributed by atoms with Crippen molar-refractivity contribution in [1.29, 1.82) is 0 Å². The monoisotopic (exact) mass is 225 g/mol. The first kappa shape index (κ1) is 11.9. The maximum atomic E-state index is 11.6. The molecule has 0 aliphatic carbocycles. The number of carbonyl (C=O) groups excluding carboxylic acids is 1. The fourth-order valence-corrected chi connectivity index (χ4v) is 1.01. The minimum absolute atomic E-state index is 0.0860. The summed E-state index contributed by atoms with van der Waals surface area (Å²) in [6.07, 6.45) is 0.0966. The van der Waals surface area contributed by atoms with Crippen molar-refractivity contribution in [2.45, 2.75) is 0 Å². The predicted octanol–water partition coefficient (Wildman–Crippen LogP) is 0.805. The van der Waals surface area contributed by atoms with E-state index in [0.29, 0.717) is 0 Å². The molecular formula is C9H11N3O4. The number of pyridine rings is 1. The van der Waals surface area contributed by atoms with Crippen LogP contribution in [-0.2, 0) is 4.84 Å². The number of carboxylic acid groups (broad SMARTS) is 1. The quantitative estimate of drug-likeness (QED) is 0.742. The first-order chi connectivity index (χ1) is 7.54. The van der Waals surface area contributed by atoms with Crippen LogP contribution in [0.1, 0.15) is 10.4 Å². The number of hydrogen-bond donors (Lipinski definition) is 2. The lowest BCUT2D eigenvalue weighted by molar-refractivity contribution is -0.0757. The number of aromatic nitrogens is 1. The highest BCUT2D eigenvalue weighted by Crippen LogP contribution is 2.08. The Balaban J connectivity index is 2.89. The van der Waals surface area contributed by atoms with Crippen molar-refractivity contribution in [3.63, 3.8) is 0 Å². The van der Waals surface area contributed by atoms with Crippen LogP contribution in [0.2, 0.25) is 0 Å². The van der Waals surface area contributed by atoms with Crippen LogP contribution >= 0.6 is 0 Å². The molecule has 1 rings (SSSR count). The summed E-state index contributed by atoms with van der Waals surface area (Å²) < 4.78 is 0. The smallest absolute Gasteiger partial charge is 0.410 e. The molecule has 86 valence electrons. The van der Waals surface area contributed by atoms with Gasteiger partial charge in [-0.1, -0.05) is 0 Å². The van der Waals surface area contributed by atoms with Crippen molar-refractivity contribution in [3.8, 4) is 0 Å². The standard InChI is InChI=1S/C9H11N3O4/c1-12(16-2)8(13)6-3-4-10-7(5-6)11-9(14)15/h3-5H,1-2H3,(H,10,11)(H,14,15). The fraction of sp³-hybridized carbons (Fsp3) is 0.222. The summed E-state index contributed by atoms with van der Waals surface area (Å²) in [6, 6.07) is 2.79. The van der Waals surface area contributed by atoms with Crippen LogP contribution in [-0.4, -0.2) is 41.3 Å². The summed E-state index contributed by atoms with van der Waals surface area (Å²) in [5.74, 6) is -0.304. The van der Waals surface area contributed by atoms with Crippen LogP contribution in [0.4, 0.5) is 10.6 Å². The number of anilines is 1. The average molecular weight is 225 g/mol. The highest BCUT2D eigenvalue weighted by Gasteiger charge is 2.12. The maximum absolute atomic E-state index is 11.6. The topological polar surface area (TPSA) is 91.8 Å². The van der Waals surface area contributed by atoms with Gasteiger partial charge in [-0.05, 0) is 12.1 Å². The first-order valence-corrected chi connectivity index (χ1v) is 4.32. The van der Waals surface area contributed by atoms with Gasteiger partial charge >= 0.3 is 6.09 Å². The summed E-state index contributed by atoms with van der Waals surface area (Å²) in [6.45, 7) is 0. The molecule has 2 N–H and O–H groups in total. The fourth-order valence-electron chi connectivity index (χ4n) is 1.01. The van der Waals surface area contributed by atoms with Gasteiger partial charge in [0.2, 0.25) is 0 Å². The Hall–Kier alpha value is -2.15. The second-order valence-electron chi connectivity index (χ2n) is 2.85. The molecule has 0 aliphatic heterocycles. The number of hydroxylamine groups is 2. The third kappa shape index (κ3) is 2.92. The highest BCUT2D eigenvalue weighted by molar-refractivity contribution is 5.94. The van der Waals surface area contributed by atoms with Crippen molar-refractivity contribution < 1.29 is 19.5 Å². The number of hydrogen-bond acceptors (Lipinski definition) is 4. The molecule has 0 aromatic carbocycles. The second-order valence-corrected chi connectivity index (χ2v) is 2.85. The van der Waals surface area contributed by atoms with Crippen LogP contribution in [0.3, 0.4) is 0 Å². The molecule has 2 amide bonds. The molecule has 0 saturated heterocycles. The number of amides is 2. The van der Waals surface area contributed by atoms with Gasteiger partial charge in [-0.25, -0.2) is 14.8 Å². The molecule has 1 heterocycles. The third-order valence-electron chi connectivity index (χ3n) is 1.80. The zero-order valence-electron chi connectivity index (χ0n) is 8.80. The molecule has 7 nitrogen and oxygen atoms in total. The minimum Gasteiger partial charge on any atom is -0.465 e. The zero-order chi connectivity index (χ0) is 12.1. The van der Waals surface area contributed by atoms with Crippen LogP contribution in [0, 0.1) is 0 Å². The molecule has 0 radical (unpaired) electrons. The van der Waals surface area contributed by atoms with E-state index in [4.69, 9.17) is 9.94 Å². The Labute approximate surface area is 91.6 Å². The van der Waals surface area contributed by atoms with Crippen LogP contribution in [0.5, 0.6) is 0 Å². The lowest BCUT2D eigenvalue weighted by Crippen LogP contribution is -2.25. The van der Waals surface area contributed by atoms with Gasteiger partial charge in [0, 0.05) is 18.8 Å². The lowest BCUT2D eigenvalue weighted by Gasteiger charge is -2.13. The van der Waals surface area contributed by atoms with Gasteiger partial charge in [0.25, 0.3) is 5.91 Å². The average Bonchev–Trinajstić information content (AvgIpc) is 2.26. The maximum Gasteiger partial charge on any atom is 0.410 e. The van der Waals surface area contributed by atoms with Crippen LogP contribution < -0.4 is 5.32 Å². The van der Waals surface area contributed by atoms with E-state index >= 15 is 0 Å². The minimum atomic E-state index is -1.24. The lowest BCUT2D eigenvalue weighted by atomic mass is 10.2. The van der Waals surface area contributed by atoms with E-state index < -0.39 is 12.0 Å². The molecule has 16 heavy (non-hydrogen) atoms. The largest absolute Gasteiger partial charge is 0.465 e. The van der Waals surface area contributed by atoms with Gasteiger partial charge in [0.05, 0.1) is 7.11 Å². The molecule has 0 atom stereocenters. The molecule has 0 fully saturated rings. The number of nitrogens with zero attached hydrogens (tertiary/aromatic N) is 2. The summed E-state index contributed by atoms with van der Waals surface area (Å²) in [5.41, 5.74) is 0.281. The summed E-state index contributed by atoms with van der Waals surface area (Å²) in [5, 5.41) is 11.6. The summed E-state index contributed by atoms with van der Waals surface area (Å²) in [7, 11) is 2.81. The van der Waals surface area contributed by atoms with Gasteiger partial charge in [0.15, 0.2) is 0 Å². The SMILES string of the molecule is CON(C)C(=O)c1ccnc(NC(=O)O)c1. The van der Waals surface area contributed by atoms with Crippen molar-refractivity contribution in [1.82, 2.24) is 10.0 Å². The van der Waals surface area contributed by atoms with Crippen molar-refractivity contribution in [2.75, 3.05) is 19.5 Å². The van der Waals surface area contributed by atoms with Gasteiger partial charge in [-0.2, -0.15) is 0 Å². The van der Waals surface area contributed by atoms with E-state index in [-0.39, 0.29) is 11.4 Å². The van der Waals surface area contributed by atoms with Gasteiger partial charge in [-0.15, -0.1) is 0 Å². The van der Waals surface area contributed by atoms with Crippen molar-refractivity contribution in [2.24, 2.45) is 0 Å². The number of rotatable bonds is 3. The van der Waals surface area contributed by atoms with E-state index in [1.54, 1.807) is 0 Å². The molecular weight excluding hydrogens is 214 g/mol. The van der Waals surface area contributed by atoms with E-state index in [1.165, 1.54) is 32.5 Å². The van der Waals surface area contributed by atoms with Gasteiger partial charge < -0.3 is 5.11 Å². The number of nitrogens with one attached hydrogen (secondary N) is 1. The van der Waals surface area contributed by atoms with Crippen LogP contribution in [0.15, 0.2) is 18.3 Å². The Morgan fingerprint density at radius 2 is 2.25 bits per heavy atom. The predicted molar refractivity (Wildman–Crippen MR) is 55.0 cm³/mol. The molecule has 1 aromatic rings. The van der Waals surface area contributed by atoms with Gasteiger partial charge in [0.1, 0.15) is 5.82 Å². The molecule has 0 unspecified atom stereocenters. The molecule has 1 aromatic heterocycles. The molecule has 7 heteroatoms. The Morgan fingerprint density at radius 1 is 1.56 bits per heavy atom. The van der Waals surface area contributed by atoms with E-state index in [0.717, 1.165) is 5.06 Å². The first-order valence-electron chi connectivity index (χ1n) is 4.32. The van der Waals surface area contributed by atoms with Gasteiger partial charge in [-0.3, -0.25) is 14.9 Å². The van der Waals surface area contributed by atoms with E-state index in [2.05, 4.69) is 10.3 Å². The zero-order valence-corrected chi connectivity index (χ0v) is 8.80. The van der Waals surface area contributed by atoms with E-state index in [9.17, 15) is 9.59 Å². The summed E-state index contributed by atoms with van der Waals surface area (Å²) in [4.78, 5) is 30.4. The summed E-state index contributed by atoms with van der Waals surface area (Å²) >= 11 is 0. The highest BCUT2D eigenvalue weighted by atomic mass is 16.7. The Kier molecular flexibility index (Phi) is 3.78. The second kappa shape index (κ2) is 5.08. The Bertz CT molecular complexity index is 407. The van der Waals surface area contributed by atoms with E-state index in [1.807, 2.05) is 0 Å². The molecule has 0 aliphatic rings. The van der Waals surface area contributed by atoms with Crippen LogP contribution in [0.25, 0.3) is 0 Å². The molecule has 0 spiro atoms. The van der Waals surface area contributed by atoms with Crippen molar-refractivity contribution >= 4 is 17.8 Å².